The first-order chi connectivity index (χ1) is 11.8. The molecule has 0 bridgehead atoms. The Morgan fingerprint density at radius 2 is 1.85 bits per heavy atom. The number of sulfonamides is 1. The van der Waals surface area contributed by atoms with Crippen molar-refractivity contribution in [1.82, 2.24) is 4.31 Å². The zero-order valence-electron chi connectivity index (χ0n) is 15.5. The maximum absolute atomic E-state index is 13.0. The summed E-state index contributed by atoms with van der Waals surface area (Å²) >= 11 is 0. The number of aryl methyl sites for hydroxylation is 1. The van der Waals surface area contributed by atoms with Gasteiger partial charge in [0.15, 0.2) is 0 Å². The number of hydrogen-bond acceptors (Lipinski definition) is 4. The van der Waals surface area contributed by atoms with Crippen molar-refractivity contribution in [3.63, 3.8) is 0 Å². The number of nitrogens with two attached hydrogens (primary N) is 1. The molecule has 0 radical (unpaired) electrons. The van der Waals surface area contributed by atoms with Crippen molar-refractivity contribution in [1.29, 1.82) is 0 Å². The van der Waals surface area contributed by atoms with Gasteiger partial charge in [0.1, 0.15) is 0 Å². The van der Waals surface area contributed by atoms with Crippen LogP contribution in [0.5, 0.6) is 0 Å². The molecule has 1 unspecified atom stereocenters. The number of nitrogens with one attached hydrogen (secondary N) is 1. The minimum absolute atomic E-state index is 0. The molecule has 0 aliphatic carbocycles. The van der Waals surface area contributed by atoms with Gasteiger partial charge in [0, 0.05) is 31.2 Å². The highest BCUT2D eigenvalue weighted by Crippen LogP contribution is 2.26. The fourth-order valence-electron chi connectivity index (χ4n) is 2.96. The van der Waals surface area contributed by atoms with Gasteiger partial charge in [-0.15, -0.1) is 12.4 Å². The fraction of sp³-hybridized carbons (Fsp3) is 0.611. The first kappa shape index (κ1) is 22.9. The highest BCUT2D eigenvalue weighted by Gasteiger charge is 2.27. The topological polar surface area (TPSA) is 92.5 Å². The minimum atomic E-state index is -3.54. The lowest BCUT2D eigenvalue weighted by atomic mass is 10.2. The molecular formula is C18H30ClN3O3S. The van der Waals surface area contributed by atoms with Gasteiger partial charge in [0.2, 0.25) is 15.9 Å². The predicted molar refractivity (Wildman–Crippen MR) is 107 cm³/mol. The first-order valence-electron chi connectivity index (χ1n) is 8.97. The summed E-state index contributed by atoms with van der Waals surface area (Å²) in [5.74, 6) is -0.153. The standard InChI is InChI=1S/C18H29N3O3S.ClH/c1-14-7-9-16(20-18(22)10-8-15(2)19)13-17(14)25(23,24)21-11-5-3-4-6-12-21;/h7,9,13,15H,3-6,8,10-12,19H2,1-2H3,(H,20,22);1H. The van der Waals surface area contributed by atoms with Crippen LogP contribution >= 0.6 is 12.4 Å². The van der Waals surface area contributed by atoms with E-state index < -0.39 is 10.0 Å². The van der Waals surface area contributed by atoms with Gasteiger partial charge in [-0.3, -0.25) is 4.79 Å². The van der Waals surface area contributed by atoms with E-state index in [-0.39, 0.29) is 29.3 Å². The summed E-state index contributed by atoms with van der Waals surface area (Å²) in [5.41, 5.74) is 6.87. The molecule has 8 heteroatoms. The summed E-state index contributed by atoms with van der Waals surface area (Å²) in [7, 11) is -3.54. The van der Waals surface area contributed by atoms with Gasteiger partial charge in [-0.2, -0.15) is 4.31 Å². The monoisotopic (exact) mass is 403 g/mol. The summed E-state index contributed by atoms with van der Waals surface area (Å²) in [4.78, 5) is 12.3. The van der Waals surface area contributed by atoms with Gasteiger partial charge >= 0.3 is 0 Å². The van der Waals surface area contributed by atoms with Gasteiger partial charge in [-0.1, -0.05) is 18.9 Å². The van der Waals surface area contributed by atoms with Gasteiger partial charge in [-0.05, 0) is 50.8 Å². The highest BCUT2D eigenvalue weighted by molar-refractivity contribution is 7.89. The van der Waals surface area contributed by atoms with Crippen LogP contribution < -0.4 is 11.1 Å². The lowest BCUT2D eigenvalue weighted by Gasteiger charge is -2.21. The van der Waals surface area contributed by atoms with Crippen molar-refractivity contribution in [3.05, 3.63) is 23.8 Å². The molecule has 1 heterocycles. The van der Waals surface area contributed by atoms with Crippen molar-refractivity contribution >= 4 is 34.0 Å². The fourth-order valence-corrected chi connectivity index (χ4v) is 4.73. The number of benzene rings is 1. The SMILES string of the molecule is Cc1ccc(NC(=O)CCC(C)N)cc1S(=O)(=O)N1CCCCCC1.Cl. The van der Waals surface area contributed by atoms with Crippen molar-refractivity contribution in [2.24, 2.45) is 5.73 Å². The summed E-state index contributed by atoms with van der Waals surface area (Å²) in [6.45, 7) is 4.76. The van der Waals surface area contributed by atoms with Crippen molar-refractivity contribution in [2.45, 2.75) is 63.3 Å². The molecule has 6 nitrogen and oxygen atoms in total. The minimum Gasteiger partial charge on any atom is -0.328 e. The Kier molecular flexibility index (Phi) is 9.03. The Hall–Kier alpha value is -1.15. The smallest absolute Gasteiger partial charge is 0.243 e. The molecule has 1 saturated heterocycles. The van der Waals surface area contributed by atoms with Crippen LogP contribution in [-0.4, -0.2) is 37.8 Å². The van der Waals surface area contributed by atoms with Crippen molar-refractivity contribution in [2.75, 3.05) is 18.4 Å². The molecular weight excluding hydrogens is 374 g/mol. The number of carbonyl (C=O) groups is 1. The molecule has 1 fully saturated rings. The van der Waals surface area contributed by atoms with E-state index in [2.05, 4.69) is 5.32 Å². The van der Waals surface area contributed by atoms with Crippen molar-refractivity contribution < 1.29 is 13.2 Å². The number of rotatable bonds is 6. The average Bonchev–Trinajstić information content (AvgIpc) is 2.84. The molecule has 1 amide bonds. The average molecular weight is 404 g/mol. The van der Waals surface area contributed by atoms with E-state index in [1.165, 1.54) is 0 Å². The quantitative estimate of drug-likeness (QED) is 0.763. The largest absolute Gasteiger partial charge is 0.328 e. The first-order valence-corrected chi connectivity index (χ1v) is 10.4. The molecule has 0 aromatic heterocycles. The highest BCUT2D eigenvalue weighted by atomic mass is 35.5. The van der Waals surface area contributed by atoms with Crippen LogP contribution in [0, 0.1) is 6.92 Å². The summed E-state index contributed by atoms with van der Waals surface area (Å²) < 4.78 is 27.6. The molecule has 2 rings (SSSR count). The molecule has 26 heavy (non-hydrogen) atoms. The van der Waals surface area contributed by atoms with E-state index in [0.717, 1.165) is 25.7 Å². The lowest BCUT2D eigenvalue weighted by molar-refractivity contribution is -0.116. The van der Waals surface area contributed by atoms with Crippen LogP contribution in [0.25, 0.3) is 0 Å². The Morgan fingerprint density at radius 1 is 1.23 bits per heavy atom. The summed E-state index contributed by atoms with van der Waals surface area (Å²) in [6.07, 6.45) is 4.84. The molecule has 1 aromatic rings. The Balaban J connectivity index is 0.00000338. The van der Waals surface area contributed by atoms with E-state index in [1.807, 2.05) is 6.92 Å². The maximum Gasteiger partial charge on any atom is 0.243 e. The van der Waals surface area contributed by atoms with E-state index in [0.29, 0.717) is 37.2 Å². The number of amides is 1. The van der Waals surface area contributed by atoms with E-state index in [1.54, 1.807) is 29.4 Å². The molecule has 1 aliphatic rings. The van der Waals surface area contributed by atoms with Crippen LogP contribution in [-0.2, 0) is 14.8 Å². The zero-order chi connectivity index (χ0) is 18.4. The third-order valence-corrected chi connectivity index (χ3v) is 6.52. The Labute approximate surface area is 163 Å². The molecule has 1 aromatic carbocycles. The van der Waals surface area contributed by atoms with Gasteiger partial charge in [0.25, 0.3) is 0 Å². The second kappa shape index (κ2) is 10.3. The van der Waals surface area contributed by atoms with Crippen LogP contribution in [0.1, 0.15) is 51.0 Å². The van der Waals surface area contributed by atoms with Crippen LogP contribution in [0.2, 0.25) is 0 Å². The maximum atomic E-state index is 13.0. The third kappa shape index (κ3) is 6.23. The third-order valence-electron chi connectivity index (χ3n) is 4.48. The van der Waals surface area contributed by atoms with E-state index >= 15 is 0 Å². The van der Waals surface area contributed by atoms with Gasteiger partial charge in [0.05, 0.1) is 4.90 Å². The van der Waals surface area contributed by atoms with Gasteiger partial charge in [-0.25, -0.2) is 8.42 Å². The van der Waals surface area contributed by atoms with Crippen LogP contribution in [0.15, 0.2) is 23.1 Å². The summed E-state index contributed by atoms with van der Waals surface area (Å²) in [5, 5.41) is 2.77. The molecule has 1 aliphatic heterocycles. The second-order valence-electron chi connectivity index (χ2n) is 6.86. The zero-order valence-corrected chi connectivity index (χ0v) is 17.2. The predicted octanol–water partition coefficient (Wildman–Crippen LogP) is 3.05. The number of nitrogens with zero attached hydrogens (tertiary/aromatic N) is 1. The van der Waals surface area contributed by atoms with Crippen LogP contribution in [0.3, 0.4) is 0 Å². The Morgan fingerprint density at radius 3 is 2.42 bits per heavy atom. The van der Waals surface area contributed by atoms with E-state index in [4.69, 9.17) is 5.73 Å². The molecule has 148 valence electrons. The van der Waals surface area contributed by atoms with Gasteiger partial charge < -0.3 is 11.1 Å². The summed E-state index contributed by atoms with van der Waals surface area (Å²) in [6, 6.07) is 5.01. The molecule has 0 saturated carbocycles. The van der Waals surface area contributed by atoms with E-state index in [9.17, 15) is 13.2 Å². The van der Waals surface area contributed by atoms with Crippen LogP contribution in [0.4, 0.5) is 5.69 Å². The lowest BCUT2D eigenvalue weighted by Crippen LogP contribution is -2.32. The number of carbonyl (C=O) groups excluding carboxylic acids is 1. The normalized spacial score (nSPS) is 17.0. The number of anilines is 1. The number of hydrogen-bond donors (Lipinski definition) is 2. The number of halogens is 1. The molecule has 0 spiro atoms. The second-order valence-corrected chi connectivity index (χ2v) is 8.77. The van der Waals surface area contributed by atoms with Crippen molar-refractivity contribution in [3.8, 4) is 0 Å². The molecule has 3 N–H and O–H groups in total. The molecule has 1 atom stereocenters. The Bertz CT molecular complexity index is 700.